The van der Waals surface area contributed by atoms with Gasteiger partial charge in [-0.05, 0) is 25.6 Å². The summed E-state index contributed by atoms with van der Waals surface area (Å²) in [5.41, 5.74) is 0. The van der Waals surface area contributed by atoms with Gasteiger partial charge in [0.15, 0.2) is 9.84 Å². The van der Waals surface area contributed by atoms with Gasteiger partial charge in [0, 0.05) is 12.6 Å². The topological polar surface area (TPSA) is 64.6 Å². The molecule has 0 aliphatic carbocycles. The minimum Gasteiger partial charge on any atom is -0.495 e. The van der Waals surface area contributed by atoms with Crippen molar-refractivity contribution in [2.24, 2.45) is 0 Å². The maximum absolute atomic E-state index is 12.7. The van der Waals surface area contributed by atoms with E-state index in [-0.39, 0.29) is 17.5 Å². The van der Waals surface area contributed by atoms with Crippen LogP contribution in [-0.2, 0) is 14.6 Å². The van der Waals surface area contributed by atoms with Crippen molar-refractivity contribution in [3.8, 4) is 5.75 Å². The first-order valence-electron chi connectivity index (χ1n) is 6.23. The van der Waals surface area contributed by atoms with E-state index in [9.17, 15) is 8.42 Å². The van der Waals surface area contributed by atoms with Gasteiger partial charge < -0.3 is 14.8 Å². The van der Waals surface area contributed by atoms with E-state index < -0.39 is 15.1 Å². The first kappa shape index (κ1) is 14.3. The van der Waals surface area contributed by atoms with Crippen molar-refractivity contribution in [1.29, 1.82) is 0 Å². The molecule has 1 aromatic rings. The van der Waals surface area contributed by atoms with E-state index in [0.717, 1.165) is 0 Å². The Bertz CT molecular complexity index is 529. The summed E-state index contributed by atoms with van der Waals surface area (Å²) < 4.78 is 36.0. The molecule has 19 heavy (non-hydrogen) atoms. The second-order valence-electron chi connectivity index (χ2n) is 4.49. The highest BCUT2D eigenvalue weighted by Gasteiger charge is 2.37. The summed E-state index contributed by atoms with van der Waals surface area (Å²) in [4.78, 5) is 0.230. The van der Waals surface area contributed by atoms with E-state index in [4.69, 9.17) is 9.47 Å². The zero-order valence-corrected chi connectivity index (χ0v) is 11.9. The smallest absolute Gasteiger partial charge is 0.188 e. The fourth-order valence-corrected chi connectivity index (χ4v) is 4.37. The van der Waals surface area contributed by atoms with Crippen LogP contribution in [0.15, 0.2) is 29.2 Å². The normalized spacial score (nSPS) is 24.1. The fraction of sp³-hybridized carbons (Fsp3) is 0.538. The summed E-state index contributed by atoms with van der Waals surface area (Å²) in [5.74, 6) is 0.378. The van der Waals surface area contributed by atoms with Gasteiger partial charge in [-0.15, -0.1) is 0 Å². The number of benzene rings is 1. The summed E-state index contributed by atoms with van der Waals surface area (Å²) in [5, 5.41) is 2.49. The molecule has 1 aliphatic heterocycles. The second-order valence-corrected chi connectivity index (χ2v) is 6.63. The van der Waals surface area contributed by atoms with E-state index in [0.29, 0.717) is 18.8 Å². The number of para-hydroxylation sites is 1. The van der Waals surface area contributed by atoms with Gasteiger partial charge in [0.05, 0.1) is 13.7 Å². The Morgan fingerprint density at radius 1 is 1.37 bits per heavy atom. The van der Waals surface area contributed by atoms with Gasteiger partial charge in [0.1, 0.15) is 15.9 Å². The number of hydrogen-bond donors (Lipinski definition) is 1. The lowest BCUT2D eigenvalue weighted by Gasteiger charge is -2.31. The Morgan fingerprint density at radius 2 is 2.11 bits per heavy atom. The van der Waals surface area contributed by atoms with Crippen LogP contribution in [0.2, 0.25) is 0 Å². The summed E-state index contributed by atoms with van der Waals surface area (Å²) in [6.07, 6.45) is 0.690. The second kappa shape index (κ2) is 5.90. The maximum Gasteiger partial charge on any atom is 0.188 e. The predicted molar refractivity (Wildman–Crippen MR) is 72.3 cm³/mol. The van der Waals surface area contributed by atoms with Gasteiger partial charge in [0.2, 0.25) is 0 Å². The van der Waals surface area contributed by atoms with Crippen LogP contribution in [0.5, 0.6) is 5.75 Å². The van der Waals surface area contributed by atoms with Crippen LogP contribution in [0.1, 0.15) is 6.42 Å². The number of nitrogens with one attached hydrogen (secondary N) is 1. The quantitative estimate of drug-likeness (QED) is 0.888. The highest BCUT2D eigenvalue weighted by Crippen LogP contribution is 2.29. The van der Waals surface area contributed by atoms with Crippen LogP contribution in [-0.4, -0.2) is 47.1 Å². The molecular weight excluding hydrogens is 266 g/mol. The Hall–Kier alpha value is -1.11. The Kier molecular flexibility index (Phi) is 4.44. The molecular formula is C13H19NO4S. The van der Waals surface area contributed by atoms with Crippen LogP contribution in [0, 0.1) is 0 Å². The minimum atomic E-state index is -3.48. The van der Waals surface area contributed by atoms with Gasteiger partial charge in [-0.3, -0.25) is 0 Å². The van der Waals surface area contributed by atoms with Crippen LogP contribution >= 0.6 is 0 Å². The molecule has 2 rings (SSSR count). The van der Waals surface area contributed by atoms with Gasteiger partial charge in [-0.25, -0.2) is 8.42 Å². The SMILES string of the molecule is CNC1CCOCC1S(=O)(=O)c1ccccc1OC. The van der Waals surface area contributed by atoms with E-state index in [1.807, 2.05) is 0 Å². The molecule has 0 spiro atoms. The van der Waals surface area contributed by atoms with E-state index in [2.05, 4.69) is 5.32 Å². The van der Waals surface area contributed by atoms with Crippen molar-refractivity contribution in [3.63, 3.8) is 0 Å². The zero-order valence-electron chi connectivity index (χ0n) is 11.1. The van der Waals surface area contributed by atoms with Crippen LogP contribution in [0.3, 0.4) is 0 Å². The summed E-state index contributed by atoms with van der Waals surface area (Å²) in [6.45, 7) is 0.801. The Labute approximate surface area is 113 Å². The third-order valence-electron chi connectivity index (χ3n) is 3.45. The zero-order chi connectivity index (χ0) is 13.9. The van der Waals surface area contributed by atoms with Crippen LogP contribution < -0.4 is 10.1 Å². The fourth-order valence-electron chi connectivity index (χ4n) is 2.36. The lowest BCUT2D eigenvalue weighted by atomic mass is 10.1. The first-order valence-corrected chi connectivity index (χ1v) is 7.78. The summed E-state index contributed by atoms with van der Waals surface area (Å²) in [6, 6.07) is 6.60. The number of rotatable bonds is 4. The van der Waals surface area contributed by atoms with Gasteiger partial charge in [-0.1, -0.05) is 12.1 Å². The molecule has 0 aromatic heterocycles. The molecule has 2 atom stereocenters. The van der Waals surface area contributed by atoms with E-state index >= 15 is 0 Å². The molecule has 2 unspecified atom stereocenters. The number of ether oxygens (including phenoxy) is 2. The highest BCUT2D eigenvalue weighted by atomic mass is 32.2. The Morgan fingerprint density at radius 3 is 2.79 bits per heavy atom. The van der Waals surface area contributed by atoms with Crippen LogP contribution in [0.4, 0.5) is 0 Å². The Balaban J connectivity index is 2.40. The average molecular weight is 285 g/mol. The van der Waals surface area contributed by atoms with Gasteiger partial charge in [-0.2, -0.15) is 0 Å². The predicted octanol–water partition coefficient (Wildman–Crippen LogP) is 0.846. The van der Waals surface area contributed by atoms with Crippen molar-refractivity contribution in [2.45, 2.75) is 22.6 Å². The molecule has 1 aliphatic rings. The molecule has 1 aromatic carbocycles. The third kappa shape index (κ3) is 2.75. The van der Waals surface area contributed by atoms with Crippen molar-refractivity contribution in [3.05, 3.63) is 24.3 Å². The summed E-state index contributed by atoms with van der Waals surface area (Å²) >= 11 is 0. The molecule has 106 valence electrons. The molecule has 0 amide bonds. The first-order chi connectivity index (χ1) is 9.11. The molecule has 6 heteroatoms. The molecule has 1 N–H and O–H groups in total. The lowest BCUT2D eigenvalue weighted by Crippen LogP contribution is -2.49. The molecule has 5 nitrogen and oxygen atoms in total. The third-order valence-corrected chi connectivity index (χ3v) is 5.66. The number of methoxy groups -OCH3 is 1. The van der Waals surface area contributed by atoms with Gasteiger partial charge >= 0.3 is 0 Å². The molecule has 0 radical (unpaired) electrons. The van der Waals surface area contributed by atoms with Crippen molar-refractivity contribution >= 4 is 9.84 Å². The maximum atomic E-state index is 12.7. The van der Waals surface area contributed by atoms with E-state index in [1.165, 1.54) is 7.11 Å². The molecule has 0 bridgehead atoms. The lowest BCUT2D eigenvalue weighted by molar-refractivity contribution is 0.0825. The molecule has 1 fully saturated rings. The number of hydrogen-bond acceptors (Lipinski definition) is 5. The molecule has 1 saturated heterocycles. The standard InChI is InChI=1S/C13H19NO4S/c1-14-10-7-8-18-9-13(10)19(15,16)12-6-4-3-5-11(12)17-2/h3-6,10,13-14H,7-9H2,1-2H3. The van der Waals surface area contributed by atoms with Crippen molar-refractivity contribution in [1.82, 2.24) is 5.32 Å². The molecule has 1 heterocycles. The summed E-state index contributed by atoms with van der Waals surface area (Å²) in [7, 11) is -0.227. The molecule has 0 saturated carbocycles. The largest absolute Gasteiger partial charge is 0.495 e. The van der Waals surface area contributed by atoms with Crippen molar-refractivity contribution in [2.75, 3.05) is 27.4 Å². The minimum absolute atomic E-state index is 0.0938. The number of sulfone groups is 1. The van der Waals surface area contributed by atoms with Gasteiger partial charge in [0.25, 0.3) is 0 Å². The van der Waals surface area contributed by atoms with Crippen molar-refractivity contribution < 1.29 is 17.9 Å². The monoisotopic (exact) mass is 285 g/mol. The highest BCUT2D eigenvalue weighted by molar-refractivity contribution is 7.92. The van der Waals surface area contributed by atoms with Crippen LogP contribution in [0.25, 0.3) is 0 Å². The van der Waals surface area contributed by atoms with E-state index in [1.54, 1.807) is 31.3 Å². The average Bonchev–Trinajstić information content (AvgIpc) is 2.47.